The van der Waals surface area contributed by atoms with Crippen molar-refractivity contribution in [3.63, 3.8) is 0 Å². The summed E-state index contributed by atoms with van der Waals surface area (Å²) in [6.45, 7) is 5.27. The molecule has 0 aromatic heterocycles. The van der Waals surface area contributed by atoms with E-state index < -0.39 is 17.1 Å². The number of esters is 1. The zero-order valence-corrected chi connectivity index (χ0v) is 9.64. The van der Waals surface area contributed by atoms with E-state index in [-0.39, 0.29) is 6.61 Å². The molecule has 0 N–H and O–H groups in total. The fraction of sp³-hybridized carbons (Fsp3) is 0.600. The first-order valence-electron chi connectivity index (χ1n) is 4.62. The van der Waals surface area contributed by atoms with Crippen molar-refractivity contribution in [2.45, 2.75) is 19.8 Å². The smallest absolute Gasteiger partial charge is 0.333 e. The third-order valence-electron chi connectivity index (χ3n) is 1.54. The van der Waals surface area contributed by atoms with Gasteiger partial charge in [0.05, 0.1) is 19.1 Å². The van der Waals surface area contributed by atoms with Crippen molar-refractivity contribution in [1.82, 2.24) is 0 Å². The highest BCUT2D eigenvalue weighted by atomic mass is 32.2. The van der Waals surface area contributed by atoms with Crippen molar-refractivity contribution in [3.8, 4) is 6.07 Å². The Morgan fingerprint density at radius 2 is 2.27 bits per heavy atom. The van der Waals surface area contributed by atoms with Crippen molar-refractivity contribution >= 4 is 17.1 Å². The molecule has 0 rings (SSSR count). The number of nitrogens with zero attached hydrogens (tertiary/aromatic N) is 1. The zero-order valence-electron chi connectivity index (χ0n) is 8.82. The predicted molar refractivity (Wildman–Crippen MR) is 58.5 cm³/mol. The summed E-state index contributed by atoms with van der Waals surface area (Å²) in [6, 6.07) is 1.93. The van der Waals surface area contributed by atoms with Crippen LogP contribution in [0.15, 0.2) is 12.2 Å². The summed E-state index contributed by atoms with van der Waals surface area (Å²) in [5.41, 5.74) is 0.362. The van der Waals surface area contributed by atoms with Crippen LogP contribution in [0.25, 0.3) is 0 Å². The highest BCUT2D eigenvalue weighted by Crippen LogP contribution is 1.99. The topological polar surface area (TPSA) is 73.2 Å². The van der Waals surface area contributed by atoms with E-state index in [2.05, 4.69) is 6.58 Å². The van der Waals surface area contributed by atoms with E-state index in [1.165, 1.54) is 0 Å². The molecule has 0 aromatic rings. The molecule has 0 aliphatic heterocycles. The van der Waals surface area contributed by atoms with Crippen molar-refractivity contribution in [2.75, 3.05) is 18.1 Å². The average molecular weight is 229 g/mol. The molecule has 0 saturated carbocycles. The molecule has 0 amide bonds. The third-order valence-corrected chi connectivity index (χ3v) is 2.94. The predicted octanol–water partition coefficient (Wildman–Crippen LogP) is 1.16. The SMILES string of the molecule is C=C(C)C(=O)OCCC[S+]([O-])CCC#N. The number of hydrogen-bond donors (Lipinski definition) is 0. The Kier molecular flexibility index (Phi) is 7.78. The third kappa shape index (κ3) is 8.03. The fourth-order valence-corrected chi connectivity index (χ4v) is 1.73. The quantitative estimate of drug-likeness (QED) is 0.284. The van der Waals surface area contributed by atoms with Gasteiger partial charge in [-0.05, 0) is 6.92 Å². The van der Waals surface area contributed by atoms with Crippen LogP contribution in [0.5, 0.6) is 0 Å². The second-order valence-electron chi connectivity index (χ2n) is 3.03. The van der Waals surface area contributed by atoms with Crippen LogP contribution in [-0.4, -0.2) is 28.6 Å². The zero-order chi connectivity index (χ0) is 11.7. The van der Waals surface area contributed by atoms with Crippen LogP contribution in [-0.2, 0) is 20.7 Å². The molecule has 0 radical (unpaired) electrons. The normalized spacial score (nSPS) is 11.5. The lowest BCUT2D eigenvalue weighted by atomic mass is 10.4. The molecule has 0 aliphatic rings. The molecule has 84 valence electrons. The Morgan fingerprint density at radius 3 is 2.80 bits per heavy atom. The van der Waals surface area contributed by atoms with E-state index in [1.54, 1.807) is 6.92 Å². The van der Waals surface area contributed by atoms with Crippen LogP contribution in [0.1, 0.15) is 19.8 Å². The fourth-order valence-electron chi connectivity index (χ4n) is 0.770. The largest absolute Gasteiger partial charge is 0.616 e. The van der Waals surface area contributed by atoms with Gasteiger partial charge >= 0.3 is 5.97 Å². The monoisotopic (exact) mass is 229 g/mol. The second-order valence-corrected chi connectivity index (χ2v) is 4.72. The summed E-state index contributed by atoms with van der Waals surface area (Å²) >= 11 is -0.982. The number of carbonyl (C=O) groups excluding carboxylic acids is 1. The summed E-state index contributed by atoms with van der Waals surface area (Å²) in [6.07, 6.45) is 0.856. The molecular formula is C10H15NO3S. The minimum absolute atomic E-state index is 0.254. The van der Waals surface area contributed by atoms with Crippen LogP contribution >= 0.6 is 0 Å². The Hall–Kier alpha value is -0.990. The molecule has 15 heavy (non-hydrogen) atoms. The number of ether oxygens (including phenoxy) is 1. The molecule has 0 saturated heterocycles. The summed E-state index contributed by atoms with van der Waals surface area (Å²) < 4.78 is 16.0. The molecule has 5 heteroatoms. The van der Waals surface area contributed by atoms with Gasteiger partial charge in [0.2, 0.25) is 0 Å². The highest BCUT2D eigenvalue weighted by Gasteiger charge is 2.07. The summed E-state index contributed by atoms with van der Waals surface area (Å²) in [5, 5.41) is 8.26. The maximum Gasteiger partial charge on any atom is 0.333 e. The van der Waals surface area contributed by atoms with Crippen LogP contribution < -0.4 is 0 Å². The van der Waals surface area contributed by atoms with Crippen molar-refractivity contribution in [3.05, 3.63) is 12.2 Å². The van der Waals surface area contributed by atoms with E-state index in [4.69, 9.17) is 10.00 Å². The number of rotatable bonds is 7. The van der Waals surface area contributed by atoms with Gasteiger partial charge in [-0.25, -0.2) is 4.79 Å². The van der Waals surface area contributed by atoms with Gasteiger partial charge in [0, 0.05) is 12.0 Å². The highest BCUT2D eigenvalue weighted by molar-refractivity contribution is 7.91. The lowest BCUT2D eigenvalue weighted by molar-refractivity contribution is -0.138. The Bertz CT molecular complexity index is 260. The first kappa shape index (κ1) is 14.0. The standard InChI is InChI=1S/C10H15NO3S/c1-9(2)10(12)14-6-4-8-15(13)7-3-5-11/h1,3-4,6-8H2,2H3. The number of carbonyl (C=O) groups is 1. The lowest BCUT2D eigenvalue weighted by Gasteiger charge is -2.09. The van der Waals surface area contributed by atoms with Gasteiger partial charge in [-0.3, -0.25) is 0 Å². The molecule has 0 aliphatic carbocycles. The molecule has 0 heterocycles. The minimum atomic E-state index is -0.982. The molecule has 0 bridgehead atoms. The van der Waals surface area contributed by atoms with E-state index in [1.807, 2.05) is 6.07 Å². The molecule has 1 unspecified atom stereocenters. The van der Waals surface area contributed by atoms with Gasteiger partial charge in [-0.15, -0.1) is 0 Å². The Labute approximate surface area is 93.1 Å². The first-order valence-corrected chi connectivity index (χ1v) is 6.11. The minimum Gasteiger partial charge on any atom is -0.616 e. The molecule has 0 aromatic carbocycles. The Balaban J connectivity index is 3.42. The molecule has 4 nitrogen and oxygen atoms in total. The van der Waals surface area contributed by atoms with E-state index in [0.717, 1.165) is 0 Å². The van der Waals surface area contributed by atoms with Crippen molar-refractivity contribution < 1.29 is 14.1 Å². The van der Waals surface area contributed by atoms with Gasteiger partial charge in [0.1, 0.15) is 11.5 Å². The van der Waals surface area contributed by atoms with E-state index in [0.29, 0.717) is 29.9 Å². The molecule has 0 fully saturated rings. The molecule has 1 atom stereocenters. The van der Waals surface area contributed by atoms with Gasteiger partial charge in [0.25, 0.3) is 0 Å². The van der Waals surface area contributed by atoms with Gasteiger partial charge < -0.3 is 9.29 Å². The average Bonchev–Trinajstić information content (AvgIpc) is 2.20. The van der Waals surface area contributed by atoms with Gasteiger partial charge in [-0.1, -0.05) is 17.8 Å². The summed E-state index contributed by atoms with van der Waals surface area (Å²) in [7, 11) is 0. The summed E-state index contributed by atoms with van der Waals surface area (Å²) in [4.78, 5) is 10.9. The van der Waals surface area contributed by atoms with Gasteiger partial charge in [0.15, 0.2) is 0 Å². The van der Waals surface area contributed by atoms with Gasteiger partial charge in [-0.2, -0.15) is 5.26 Å². The number of hydrogen-bond acceptors (Lipinski definition) is 4. The molecule has 0 spiro atoms. The molecular weight excluding hydrogens is 214 g/mol. The maximum absolute atomic E-state index is 11.2. The van der Waals surface area contributed by atoms with E-state index in [9.17, 15) is 9.35 Å². The number of nitriles is 1. The summed E-state index contributed by atoms with van der Waals surface area (Å²) in [5.74, 6) is 0.439. The van der Waals surface area contributed by atoms with Crippen LogP contribution in [0, 0.1) is 11.3 Å². The van der Waals surface area contributed by atoms with E-state index >= 15 is 0 Å². The first-order chi connectivity index (χ1) is 7.07. The van der Waals surface area contributed by atoms with Crippen molar-refractivity contribution in [1.29, 1.82) is 5.26 Å². The van der Waals surface area contributed by atoms with Crippen LogP contribution in [0.2, 0.25) is 0 Å². The lowest BCUT2D eigenvalue weighted by Crippen LogP contribution is -2.14. The van der Waals surface area contributed by atoms with Crippen LogP contribution in [0.3, 0.4) is 0 Å². The maximum atomic E-state index is 11.2. The second kappa shape index (κ2) is 8.33. The van der Waals surface area contributed by atoms with Crippen molar-refractivity contribution in [2.24, 2.45) is 0 Å². The van der Waals surface area contributed by atoms with Crippen LogP contribution in [0.4, 0.5) is 0 Å². The Morgan fingerprint density at radius 1 is 1.60 bits per heavy atom.